The van der Waals surface area contributed by atoms with Gasteiger partial charge in [-0.3, -0.25) is 9.48 Å². The van der Waals surface area contributed by atoms with E-state index < -0.39 is 5.97 Å². The number of piperidine rings is 1. The molecule has 0 bridgehead atoms. The third-order valence-corrected chi connectivity index (χ3v) is 6.17. The Morgan fingerprint density at radius 1 is 1.26 bits per heavy atom. The van der Waals surface area contributed by atoms with Crippen LogP contribution in [-0.4, -0.2) is 44.8 Å². The van der Waals surface area contributed by atoms with Crippen LogP contribution in [0.15, 0.2) is 30.5 Å². The van der Waals surface area contributed by atoms with E-state index in [0.717, 1.165) is 10.1 Å². The Hall–Kier alpha value is -2.74. The first-order valence-corrected chi connectivity index (χ1v) is 9.51. The molecule has 1 N–H and O–H groups in total. The van der Waals surface area contributed by atoms with Crippen molar-refractivity contribution < 1.29 is 19.1 Å². The van der Waals surface area contributed by atoms with Crippen LogP contribution < -0.4 is 0 Å². The molecule has 1 aliphatic rings. The van der Waals surface area contributed by atoms with E-state index in [-0.39, 0.29) is 23.3 Å². The molecule has 0 spiro atoms. The lowest BCUT2D eigenvalue weighted by Crippen LogP contribution is -2.39. The van der Waals surface area contributed by atoms with Gasteiger partial charge in [0.25, 0.3) is 5.91 Å². The molecule has 0 aliphatic carbocycles. The van der Waals surface area contributed by atoms with Crippen LogP contribution in [-0.2, 0) is 0 Å². The number of amides is 1. The maximum atomic E-state index is 13.4. The minimum atomic E-state index is -0.979. The molecule has 6 nitrogen and oxygen atoms in total. The summed E-state index contributed by atoms with van der Waals surface area (Å²) in [6.45, 7) is 2.91. The molecule has 0 atom stereocenters. The minimum Gasteiger partial charge on any atom is -0.478 e. The Labute approximate surface area is 158 Å². The van der Waals surface area contributed by atoms with Gasteiger partial charge in [-0.25, -0.2) is 9.18 Å². The van der Waals surface area contributed by atoms with E-state index in [9.17, 15) is 14.0 Å². The first-order valence-electron chi connectivity index (χ1n) is 8.70. The standard InChI is InChI=1S/C19H18FN3O3S/c1-11-15(19(25)26)10-21-23(11)14-4-6-22(7-5-14)18(24)17-9-12-8-13(20)2-3-16(12)27-17/h2-3,8-10,14H,4-7H2,1H3,(H,25,26). The number of hydrogen-bond acceptors (Lipinski definition) is 4. The van der Waals surface area contributed by atoms with E-state index in [1.807, 2.05) is 0 Å². The Morgan fingerprint density at radius 2 is 2.00 bits per heavy atom. The van der Waals surface area contributed by atoms with Gasteiger partial charge < -0.3 is 10.0 Å². The zero-order chi connectivity index (χ0) is 19.1. The topological polar surface area (TPSA) is 75.4 Å². The molecule has 1 fully saturated rings. The van der Waals surface area contributed by atoms with Crippen molar-refractivity contribution in [3.8, 4) is 0 Å². The van der Waals surface area contributed by atoms with Crippen LogP contribution in [0, 0.1) is 12.7 Å². The Morgan fingerprint density at radius 3 is 2.67 bits per heavy atom. The van der Waals surface area contributed by atoms with Crippen molar-refractivity contribution in [2.75, 3.05) is 13.1 Å². The van der Waals surface area contributed by atoms with E-state index in [1.54, 1.807) is 28.6 Å². The molecule has 3 aromatic rings. The maximum absolute atomic E-state index is 13.4. The number of hydrogen-bond donors (Lipinski definition) is 1. The number of carbonyl (C=O) groups is 2. The largest absolute Gasteiger partial charge is 0.478 e. The molecule has 1 saturated heterocycles. The number of carbonyl (C=O) groups excluding carboxylic acids is 1. The van der Waals surface area contributed by atoms with Gasteiger partial charge in [-0.15, -0.1) is 11.3 Å². The molecule has 1 amide bonds. The zero-order valence-corrected chi connectivity index (χ0v) is 15.5. The Kier molecular flexibility index (Phi) is 4.43. The van der Waals surface area contributed by atoms with Crippen molar-refractivity contribution in [1.29, 1.82) is 0 Å². The number of carboxylic acid groups (broad SMARTS) is 1. The van der Waals surface area contributed by atoms with Gasteiger partial charge in [0.2, 0.25) is 0 Å². The molecular weight excluding hydrogens is 369 g/mol. The van der Waals surface area contributed by atoms with Crippen molar-refractivity contribution >= 4 is 33.3 Å². The second-order valence-electron chi connectivity index (χ2n) is 6.71. The first-order chi connectivity index (χ1) is 12.9. The van der Waals surface area contributed by atoms with Crippen LogP contribution in [0.1, 0.15) is 44.6 Å². The predicted octanol–water partition coefficient (Wildman–Crippen LogP) is 3.72. The highest BCUT2D eigenvalue weighted by Gasteiger charge is 2.27. The second-order valence-corrected chi connectivity index (χ2v) is 7.79. The van der Waals surface area contributed by atoms with Gasteiger partial charge in [0, 0.05) is 17.8 Å². The summed E-state index contributed by atoms with van der Waals surface area (Å²) >= 11 is 1.37. The van der Waals surface area contributed by atoms with Crippen LogP contribution in [0.2, 0.25) is 0 Å². The van der Waals surface area contributed by atoms with Crippen molar-refractivity contribution in [1.82, 2.24) is 14.7 Å². The number of nitrogens with zero attached hydrogens (tertiary/aromatic N) is 3. The average molecular weight is 387 g/mol. The lowest BCUT2D eigenvalue weighted by molar-refractivity contribution is 0.0692. The molecule has 1 aromatic carbocycles. The maximum Gasteiger partial charge on any atom is 0.339 e. The summed E-state index contributed by atoms with van der Waals surface area (Å²) in [6, 6.07) is 6.36. The fourth-order valence-electron chi connectivity index (χ4n) is 3.59. The molecule has 0 unspecified atom stereocenters. The number of rotatable bonds is 3. The third-order valence-electron chi connectivity index (χ3n) is 5.06. The van der Waals surface area contributed by atoms with Gasteiger partial charge in [-0.05, 0) is 49.4 Å². The summed E-state index contributed by atoms with van der Waals surface area (Å²) in [4.78, 5) is 26.4. The highest BCUT2D eigenvalue weighted by Crippen LogP contribution is 2.30. The Balaban J connectivity index is 1.46. The number of thiophene rings is 1. The molecule has 2 aromatic heterocycles. The lowest BCUT2D eigenvalue weighted by atomic mass is 10.0. The van der Waals surface area contributed by atoms with Gasteiger partial charge in [-0.1, -0.05) is 0 Å². The predicted molar refractivity (Wildman–Crippen MR) is 99.9 cm³/mol. The van der Waals surface area contributed by atoms with E-state index >= 15 is 0 Å². The number of fused-ring (bicyclic) bond motifs is 1. The van der Waals surface area contributed by atoms with E-state index in [4.69, 9.17) is 5.11 Å². The van der Waals surface area contributed by atoms with E-state index in [2.05, 4.69) is 5.10 Å². The fraction of sp³-hybridized carbons (Fsp3) is 0.316. The summed E-state index contributed by atoms with van der Waals surface area (Å²) in [5, 5.41) is 14.1. The molecule has 8 heteroatoms. The smallest absolute Gasteiger partial charge is 0.339 e. The first kappa shape index (κ1) is 17.7. The van der Waals surface area contributed by atoms with Crippen molar-refractivity contribution in [3.63, 3.8) is 0 Å². The van der Waals surface area contributed by atoms with E-state index in [0.29, 0.717) is 36.5 Å². The molecule has 4 rings (SSSR count). The fourth-order valence-corrected chi connectivity index (χ4v) is 4.60. The quantitative estimate of drug-likeness (QED) is 0.743. The van der Waals surface area contributed by atoms with Crippen molar-refractivity contribution in [3.05, 3.63) is 52.4 Å². The van der Waals surface area contributed by atoms with Gasteiger partial charge >= 0.3 is 5.97 Å². The summed E-state index contributed by atoms with van der Waals surface area (Å²) in [6.07, 6.45) is 2.81. The van der Waals surface area contributed by atoms with Gasteiger partial charge in [0.05, 0.1) is 22.8 Å². The number of aromatic carboxylic acids is 1. The van der Waals surface area contributed by atoms with Crippen LogP contribution in [0.4, 0.5) is 4.39 Å². The summed E-state index contributed by atoms with van der Waals surface area (Å²) in [7, 11) is 0. The molecule has 3 heterocycles. The number of halogens is 1. The van der Waals surface area contributed by atoms with Crippen LogP contribution in [0.25, 0.3) is 10.1 Å². The number of carboxylic acids is 1. The summed E-state index contributed by atoms with van der Waals surface area (Å²) in [5.74, 6) is -1.33. The van der Waals surface area contributed by atoms with Gasteiger partial charge in [0.1, 0.15) is 11.4 Å². The molecule has 0 radical (unpaired) electrons. The van der Waals surface area contributed by atoms with Gasteiger partial charge in [0.15, 0.2) is 0 Å². The molecular formula is C19H18FN3O3S. The van der Waals surface area contributed by atoms with Crippen molar-refractivity contribution in [2.24, 2.45) is 0 Å². The molecule has 27 heavy (non-hydrogen) atoms. The molecule has 1 aliphatic heterocycles. The number of benzene rings is 1. The normalized spacial score (nSPS) is 15.4. The molecule has 140 valence electrons. The van der Waals surface area contributed by atoms with Crippen LogP contribution in [0.5, 0.6) is 0 Å². The number of aromatic nitrogens is 2. The molecule has 0 saturated carbocycles. The SMILES string of the molecule is Cc1c(C(=O)O)cnn1C1CCN(C(=O)c2cc3cc(F)ccc3s2)CC1. The summed E-state index contributed by atoms with van der Waals surface area (Å²) < 4.78 is 16.0. The van der Waals surface area contributed by atoms with E-state index in [1.165, 1.54) is 29.7 Å². The highest BCUT2D eigenvalue weighted by atomic mass is 32.1. The Bertz CT molecular complexity index is 1030. The highest BCUT2D eigenvalue weighted by molar-refractivity contribution is 7.20. The van der Waals surface area contributed by atoms with Crippen LogP contribution in [0.3, 0.4) is 0 Å². The van der Waals surface area contributed by atoms with Crippen LogP contribution >= 0.6 is 11.3 Å². The lowest BCUT2D eigenvalue weighted by Gasteiger charge is -2.32. The van der Waals surface area contributed by atoms with Gasteiger partial charge in [-0.2, -0.15) is 5.10 Å². The van der Waals surface area contributed by atoms with Crippen molar-refractivity contribution in [2.45, 2.75) is 25.8 Å². The second kappa shape index (κ2) is 6.77. The monoisotopic (exact) mass is 387 g/mol. The third kappa shape index (κ3) is 3.21. The average Bonchev–Trinajstić information content (AvgIpc) is 3.24. The minimum absolute atomic E-state index is 0.0431. The zero-order valence-electron chi connectivity index (χ0n) is 14.7. The summed E-state index contributed by atoms with van der Waals surface area (Å²) in [5.41, 5.74) is 0.852. The number of likely N-dealkylation sites (tertiary alicyclic amines) is 1.